The molecular formula is C19H22N4O3. The molecule has 0 saturated carbocycles. The molecule has 0 atom stereocenters. The highest BCUT2D eigenvalue weighted by Crippen LogP contribution is 2.21. The van der Waals surface area contributed by atoms with Gasteiger partial charge in [-0.25, -0.2) is 4.79 Å². The fourth-order valence-corrected chi connectivity index (χ4v) is 3.13. The van der Waals surface area contributed by atoms with E-state index in [-0.39, 0.29) is 31.4 Å². The second kappa shape index (κ2) is 7.03. The number of hydrogen-bond acceptors (Lipinski definition) is 3. The van der Waals surface area contributed by atoms with Gasteiger partial charge in [-0.05, 0) is 45.0 Å². The van der Waals surface area contributed by atoms with Crippen molar-refractivity contribution in [3.8, 4) is 5.69 Å². The van der Waals surface area contributed by atoms with Crippen LogP contribution in [0.1, 0.15) is 27.3 Å². The second-order valence-electron chi connectivity index (χ2n) is 6.43. The van der Waals surface area contributed by atoms with Crippen molar-refractivity contribution in [2.24, 2.45) is 0 Å². The molecule has 2 N–H and O–H groups in total. The van der Waals surface area contributed by atoms with Crippen molar-refractivity contribution < 1.29 is 14.4 Å². The third-order valence-electron chi connectivity index (χ3n) is 4.47. The number of rotatable bonds is 5. The summed E-state index contributed by atoms with van der Waals surface area (Å²) in [6.45, 7) is 6.29. The van der Waals surface area contributed by atoms with Crippen molar-refractivity contribution in [3.63, 3.8) is 0 Å². The summed E-state index contributed by atoms with van der Waals surface area (Å²) in [6.07, 6.45) is 0. The molecule has 0 radical (unpaired) electrons. The average Bonchev–Trinajstić information content (AvgIpc) is 3.10. The topological polar surface area (TPSA) is 83.4 Å². The molecule has 0 spiro atoms. The van der Waals surface area contributed by atoms with E-state index in [9.17, 15) is 14.4 Å². The lowest BCUT2D eigenvalue weighted by Gasteiger charge is -2.17. The molecule has 1 aliphatic heterocycles. The maximum Gasteiger partial charge on any atom is 0.324 e. The van der Waals surface area contributed by atoms with Crippen LogP contribution >= 0.6 is 0 Å². The Balaban J connectivity index is 1.78. The number of urea groups is 1. The van der Waals surface area contributed by atoms with Crippen LogP contribution in [0.3, 0.4) is 0 Å². The van der Waals surface area contributed by atoms with Gasteiger partial charge in [0, 0.05) is 24.5 Å². The third-order valence-corrected chi connectivity index (χ3v) is 4.47. The molecule has 0 aliphatic carbocycles. The maximum absolute atomic E-state index is 12.7. The van der Waals surface area contributed by atoms with E-state index >= 15 is 0 Å². The summed E-state index contributed by atoms with van der Waals surface area (Å²) >= 11 is 0. The van der Waals surface area contributed by atoms with Crippen LogP contribution in [0.2, 0.25) is 0 Å². The zero-order valence-corrected chi connectivity index (χ0v) is 15.1. The predicted octanol–water partition coefficient (Wildman–Crippen LogP) is 1.68. The predicted molar refractivity (Wildman–Crippen MR) is 97.4 cm³/mol. The first-order valence-corrected chi connectivity index (χ1v) is 8.51. The Labute approximate surface area is 152 Å². The highest BCUT2D eigenvalue weighted by atomic mass is 16.2. The summed E-state index contributed by atoms with van der Waals surface area (Å²) in [5.41, 5.74) is 4.43. The minimum absolute atomic E-state index is 0.0149. The van der Waals surface area contributed by atoms with Crippen molar-refractivity contribution in [1.82, 2.24) is 20.1 Å². The van der Waals surface area contributed by atoms with Gasteiger partial charge in [0.05, 0.1) is 17.8 Å². The minimum atomic E-state index is -0.418. The quantitative estimate of drug-likeness (QED) is 0.802. The Kier molecular flexibility index (Phi) is 4.79. The smallest absolute Gasteiger partial charge is 0.324 e. The molecule has 3 rings (SSSR count). The van der Waals surface area contributed by atoms with Gasteiger partial charge in [-0.1, -0.05) is 11.6 Å². The standard InChI is InChI=1S/C19H22N4O3/c1-12-4-7-16(23-13(2)5-6-14(23)3)15(10-12)18(25)20-8-9-22-17(24)11-21-19(22)26/h4-7,10H,8-9,11H2,1-3H3,(H,20,25)(H,21,26). The van der Waals surface area contributed by atoms with E-state index in [1.807, 2.05) is 55.7 Å². The van der Waals surface area contributed by atoms with Crippen molar-refractivity contribution >= 4 is 17.8 Å². The molecule has 136 valence electrons. The Morgan fingerprint density at radius 3 is 2.42 bits per heavy atom. The Morgan fingerprint density at radius 2 is 1.81 bits per heavy atom. The lowest BCUT2D eigenvalue weighted by molar-refractivity contribution is -0.124. The SMILES string of the molecule is Cc1ccc(-n2c(C)ccc2C)c(C(=O)NCCN2C(=O)CNC2=O)c1. The largest absolute Gasteiger partial charge is 0.350 e. The first kappa shape index (κ1) is 17.7. The number of imide groups is 1. The molecule has 0 bridgehead atoms. The van der Waals surface area contributed by atoms with E-state index in [1.165, 1.54) is 0 Å². The van der Waals surface area contributed by atoms with E-state index in [0.717, 1.165) is 27.5 Å². The van der Waals surface area contributed by atoms with E-state index < -0.39 is 6.03 Å². The number of aryl methyl sites for hydroxylation is 3. The molecule has 1 fully saturated rings. The monoisotopic (exact) mass is 354 g/mol. The number of amides is 4. The molecule has 26 heavy (non-hydrogen) atoms. The van der Waals surface area contributed by atoms with E-state index in [4.69, 9.17) is 0 Å². The highest BCUT2D eigenvalue weighted by molar-refractivity contribution is 6.02. The number of benzene rings is 1. The molecular weight excluding hydrogens is 332 g/mol. The average molecular weight is 354 g/mol. The van der Waals surface area contributed by atoms with Gasteiger partial charge in [0.1, 0.15) is 0 Å². The molecule has 2 aromatic rings. The van der Waals surface area contributed by atoms with Crippen LogP contribution in [0.15, 0.2) is 30.3 Å². The minimum Gasteiger partial charge on any atom is -0.350 e. The number of nitrogens with zero attached hydrogens (tertiary/aromatic N) is 2. The fraction of sp³-hybridized carbons (Fsp3) is 0.316. The molecule has 1 aliphatic rings. The van der Waals surface area contributed by atoms with Crippen LogP contribution < -0.4 is 10.6 Å². The van der Waals surface area contributed by atoms with E-state index in [0.29, 0.717) is 5.56 Å². The Hall–Kier alpha value is -3.09. The zero-order valence-electron chi connectivity index (χ0n) is 15.1. The third kappa shape index (κ3) is 3.33. The van der Waals surface area contributed by atoms with Gasteiger partial charge in [0.2, 0.25) is 5.91 Å². The van der Waals surface area contributed by atoms with Crippen LogP contribution in [-0.2, 0) is 4.79 Å². The van der Waals surface area contributed by atoms with Gasteiger partial charge in [-0.15, -0.1) is 0 Å². The van der Waals surface area contributed by atoms with Gasteiger partial charge < -0.3 is 15.2 Å². The van der Waals surface area contributed by atoms with Crippen molar-refractivity contribution in [2.75, 3.05) is 19.6 Å². The summed E-state index contributed by atoms with van der Waals surface area (Å²) < 4.78 is 2.03. The Bertz CT molecular complexity index is 849. The molecule has 0 unspecified atom stereocenters. The highest BCUT2D eigenvalue weighted by Gasteiger charge is 2.28. The first-order valence-electron chi connectivity index (χ1n) is 8.51. The number of carbonyl (C=O) groups excluding carboxylic acids is 3. The van der Waals surface area contributed by atoms with Gasteiger partial charge in [0.25, 0.3) is 5.91 Å². The van der Waals surface area contributed by atoms with E-state index in [1.54, 1.807) is 0 Å². The van der Waals surface area contributed by atoms with Crippen LogP contribution in [0.5, 0.6) is 0 Å². The number of carbonyl (C=O) groups is 3. The first-order chi connectivity index (χ1) is 12.4. The normalized spacial score (nSPS) is 13.9. The molecule has 7 nitrogen and oxygen atoms in total. The summed E-state index contributed by atoms with van der Waals surface area (Å²) in [5, 5.41) is 5.27. The molecule has 7 heteroatoms. The molecule has 1 aromatic heterocycles. The fourth-order valence-electron chi connectivity index (χ4n) is 3.13. The molecule has 1 aromatic carbocycles. The maximum atomic E-state index is 12.7. The van der Waals surface area contributed by atoms with Gasteiger partial charge in [-0.2, -0.15) is 0 Å². The lowest BCUT2D eigenvalue weighted by atomic mass is 10.1. The second-order valence-corrected chi connectivity index (χ2v) is 6.43. The van der Waals surface area contributed by atoms with Gasteiger partial charge >= 0.3 is 6.03 Å². The molecule has 1 saturated heterocycles. The lowest BCUT2D eigenvalue weighted by Crippen LogP contribution is -2.38. The molecule has 4 amide bonds. The Morgan fingerprint density at radius 1 is 1.12 bits per heavy atom. The number of hydrogen-bond donors (Lipinski definition) is 2. The van der Waals surface area contributed by atoms with Gasteiger partial charge in [-0.3, -0.25) is 14.5 Å². The van der Waals surface area contributed by atoms with Crippen LogP contribution in [0, 0.1) is 20.8 Å². The van der Waals surface area contributed by atoms with Crippen molar-refractivity contribution in [2.45, 2.75) is 20.8 Å². The summed E-state index contributed by atoms with van der Waals surface area (Å²) in [5.74, 6) is -0.512. The van der Waals surface area contributed by atoms with Crippen LogP contribution in [0.4, 0.5) is 4.79 Å². The number of nitrogens with one attached hydrogen (secondary N) is 2. The van der Waals surface area contributed by atoms with Crippen molar-refractivity contribution in [1.29, 1.82) is 0 Å². The van der Waals surface area contributed by atoms with Crippen LogP contribution in [0.25, 0.3) is 5.69 Å². The molecule has 2 heterocycles. The summed E-state index contributed by atoms with van der Waals surface area (Å²) in [6, 6.07) is 9.35. The zero-order chi connectivity index (χ0) is 18.8. The van der Waals surface area contributed by atoms with E-state index in [2.05, 4.69) is 10.6 Å². The summed E-state index contributed by atoms with van der Waals surface area (Å²) in [4.78, 5) is 37.0. The van der Waals surface area contributed by atoms with Crippen LogP contribution in [-0.4, -0.2) is 46.9 Å². The van der Waals surface area contributed by atoms with Gasteiger partial charge in [0.15, 0.2) is 0 Å². The summed E-state index contributed by atoms with van der Waals surface area (Å²) in [7, 11) is 0. The van der Waals surface area contributed by atoms with Crippen molar-refractivity contribution in [3.05, 3.63) is 52.8 Å². The number of aromatic nitrogens is 1.